The van der Waals surface area contributed by atoms with E-state index in [1.54, 1.807) is 12.1 Å². The van der Waals surface area contributed by atoms with Crippen LogP contribution in [0.4, 0.5) is 0 Å². The van der Waals surface area contributed by atoms with Gasteiger partial charge in [0.25, 0.3) is 10.0 Å². The lowest BCUT2D eigenvalue weighted by Gasteiger charge is -2.18. The van der Waals surface area contributed by atoms with Crippen LogP contribution in [0.3, 0.4) is 0 Å². The van der Waals surface area contributed by atoms with Crippen molar-refractivity contribution in [2.75, 3.05) is 6.61 Å². The molecule has 2 N–H and O–H groups in total. The first-order valence-electron chi connectivity index (χ1n) is 6.77. The predicted octanol–water partition coefficient (Wildman–Crippen LogP) is 2.85. The molecule has 1 atom stereocenters. The molecular weight excluding hydrogens is 306 g/mol. The molecule has 0 aliphatic rings. The Morgan fingerprint density at radius 3 is 2.48 bits per heavy atom. The fraction of sp³-hybridized carbons (Fsp3) is 0.333. The van der Waals surface area contributed by atoms with Gasteiger partial charge < -0.3 is 5.11 Å². The predicted molar refractivity (Wildman–Crippen MR) is 84.9 cm³/mol. The Morgan fingerprint density at radius 1 is 1.19 bits per heavy atom. The van der Waals surface area contributed by atoms with Crippen LogP contribution in [0.2, 0.25) is 0 Å². The topological polar surface area (TPSA) is 66.4 Å². The fourth-order valence-electron chi connectivity index (χ4n) is 2.08. The number of thiophene rings is 1. The van der Waals surface area contributed by atoms with E-state index in [0.717, 1.165) is 10.4 Å². The molecule has 0 saturated carbocycles. The van der Waals surface area contributed by atoms with Crippen molar-refractivity contribution in [1.82, 2.24) is 4.72 Å². The standard InChI is InChI=1S/C15H19NO3S2/c1-12-9-10-15(20-12)21(18,19)16-14(8-5-11-17)13-6-3-2-4-7-13/h2-4,6-7,9-10,14,16-17H,5,8,11H2,1H3. The molecule has 114 valence electrons. The summed E-state index contributed by atoms with van der Waals surface area (Å²) in [5.41, 5.74) is 0.905. The van der Waals surface area contributed by atoms with Gasteiger partial charge in [-0.1, -0.05) is 30.3 Å². The summed E-state index contributed by atoms with van der Waals surface area (Å²) in [7, 11) is -3.53. The van der Waals surface area contributed by atoms with Gasteiger partial charge in [0, 0.05) is 17.5 Å². The lowest BCUT2D eigenvalue weighted by atomic mass is 10.0. The molecule has 1 heterocycles. The minimum Gasteiger partial charge on any atom is -0.396 e. The molecule has 0 fully saturated rings. The van der Waals surface area contributed by atoms with Crippen molar-refractivity contribution < 1.29 is 13.5 Å². The molecule has 1 aromatic carbocycles. The number of benzene rings is 1. The highest BCUT2D eigenvalue weighted by molar-refractivity contribution is 7.91. The van der Waals surface area contributed by atoms with Gasteiger partial charge in [-0.05, 0) is 37.5 Å². The van der Waals surface area contributed by atoms with Crippen molar-refractivity contribution in [1.29, 1.82) is 0 Å². The van der Waals surface area contributed by atoms with Crippen LogP contribution in [0.25, 0.3) is 0 Å². The Hall–Kier alpha value is -1.21. The number of aliphatic hydroxyl groups excluding tert-OH is 1. The van der Waals surface area contributed by atoms with Crippen molar-refractivity contribution in [2.45, 2.75) is 30.0 Å². The Kier molecular flexibility index (Phi) is 5.52. The zero-order valence-electron chi connectivity index (χ0n) is 11.8. The molecular formula is C15H19NO3S2. The summed E-state index contributed by atoms with van der Waals surface area (Å²) in [6, 6.07) is 12.5. The zero-order valence-corrected chi connectivity index (χ0v) is 13.5. The smallest absolute Gasteiger partial charge is 0.250 e. The van der Waals surface area contributed by atoms with Gasteiger partial charge in [-0.15, -0.1) is 11.3 Å². The molecule has 0 bridgehead atoms. The summed E-state index contributed by atoms with van der Waals surface area (Å²) >= 11 is 1.26. The molecule has 2 aromatic rings. The second-order valence-electron chi connectivity index (χ2n) is 4.82. The summed E-state index contributed by atoms with van der Waals surface area (Å²) in [6.45, 7) is 1.92. The third-order valence-corrected chi connectivity index (χ3v) is 6.10. The number of aryl methyl sites for hydroxylation is 1. The van der Waals surface area contributed by atoms with Crippen LogP contribution in [0.5, 0.6) is 0 Å². The summed E-state index contributed by atoms with van der Waals surface area (Å²) in [4.78, 5) is 0.960. The number of nitrogens with one attached hydrogen (secondary N) is 1. The van der Waals surface area contributed by atoms with E-state index in [9.17, 15) is 8.42 Å². The van der Waals surface area contributed by atoms with Gasteiger partial charge in [-0.2, -0.15) is 0 Å². The third-order valence-electron chi connectivity index (χ3n) is 3.13. The SMILES string of the molecule is Cc1ccc(S(=O)(=O)NC(CCCO)c2ccccc2)s1. The maximum atomic E-state index is 12.4. The number of rotatable bonds is 7. The van der Waals surface area contributed by atoms with E-state index in [1.165, 1.54) is 11.3 Å². The Labute approximate surface area is 129 Å². The number of aliphatic hydroxyl groups is 1. The van der Waals surface area contributed by atoms with Gasteiger partial charge in [0.05, 0.1) is 0 Å². The summed E-state index contributed by atoms with van der Waals surface area (Å²) < 4.78 is 27.9. The minimum atomic E-state index is -3.53. The molecule has 0 aliphatic heterocycles. The molecule has 4 nitrogen and oxygen atoms in total. The quantitative estimate of drug-likeness (QED) is 0.822. The lowest BCUT2D eigenvalue weighted by molar-refractivity contribution is 0.278. The lowest BCUT2D eigenvalue weighted by Crippen LogP contribution is -2.28. The fourth-order valence-corrected chi connectivity index (χ4v) is 4.64. The number of hydrogen-bond donors (Lipinski definition) is 2. The molecule has 1 unspecified atom stereocenters. The van der Waals surface area contributed by atoms with Crippen molar-refractivity contribution >= 4 is 21.4 Å². The van der Waals surface area contributed by atoms with E-state index in [4.69, 9.17) is 5.11 Å². The molecule has 6 heteroatoms. The highest BCUT2D eigenvalue weighted by atomic mass is 32.2. The second kappa shape index (κ2) is 7.17. The highest BCUT2D eigenvalue weighted by Crippen LogP contribution is 2.25. The van der Waals surface area contributed by atoms with Crippen LogP contribution in [0.1, 0.15) is 29.3 Å². The molecule has 0 spiro atoms. The van der Waals surface area contributed by atoms with E-state index >= 15 is 0 Å². The first kappa shape index (κ1) is 16.2. The maximum Gasteiger partial charge on any atom is 0.250 e. The Bertz CT molecular complexity index is 665. The van der Waals surface area contributed by atoms with E-state index < -0.39 is 10.0 Å². The molecule has 0 saturated heterocycles. The Morgan fingerprint density at radius 2 is 1.90 bits per heavy atom. The van der Waals surface area contributed by atoms with Gasteiger partial charge in [-0.3, -0.25) is 0 Å². The zero-order chi connectivity index (χ0) is 15.3. The van der Waals surface area contributed by atoms with Gasteiger partial charge in [0.1, 0.15) is 4.21 Å². The monoisotopic (exact) mass is 325 g/mol. The van der Waals surface area contributed by atoms with Crippen molar-refractivity contribution in [3.8, 4) is 0 Å². The van der Waals surface area contributed by atoms with Gasteiger partial charge in [-0.25, -0.2) is 13.1 Å². The third kappa shape index (κ3) is 4.38. The van der Waals surface area contributed by atoms with Crippen molar-refractivity contribution in [3.05, 3.63) is 52.9 Å². The molecule has 1 aromatic heterocycles. The number of hydrogen-bond acceptors (Lipinski definition) is 4. The molecule has 0 radical (unpaired) electrons. The second-order valence-corrected chi connectivity index (χ2v) is 8.04. The van der Waals surface area contributed by atoms with Crippen LogP contribution < -0.4 is 4.72 Å². The summed E-state index contributed by atoms with van der Waals surface area (Å²) in [5.74, 6) is 0. The maximum absolute atomic E-state index is 12.4. The molecule has 0 aliphatic carbocycles. The van der Waals surface area contributed by atoms with Crippen LogP contribution in [0, 0.1) is 6.92 Å². The van der Waals surface area contributed by atoms with E-state index in [1.807, 2.05) is 37.3 Å². The largest absolute Gasteiger partial charge is 0.396 e. The molecule has 21 heavy (non-hydrogen) atoms. The van der Waals surface area contributed by atoms with Crippen molar-refractivity contribution in [2.24, 2.45) is 0 Å². The first-order valence-corrected chi connectivity index (χ1v) is 9.07. The van der Waals surface area contributed by atoms with Crippen LogP contribution in [-0.2, 0) is 10.0 Å². The van der Waals surface area contributed by atoms with E-state index in [-0.39, 0.29) is 12.6 Å². The van der Waals surface area contributed by atoms with Crippen molar-refractivity contribution in [3.63, 3.8) is 0 Å². The summed E-state index contributed by atoms with van der Waals surface area (Å²) in [6.07, 6.45) is 1.11. The molecule has 0 amide bonds. The normalized spacial score (nSPS) is 13.2. The molecule has 2 rings (SSSR count). The van der Waals surface area contributed by atoms with E-state index in [2.05, 4.69) is 4.72 Å². The highest BCUT2D eigenvalue weighted by Gasteiger charge is 2.22. The van der Waals surface area contributed by atoms with Gasteiger partial charge in [0.15, 0.2) is 0 Å². The minimum absolute atomic E-state index is 0.0448. The summed E-state index contributed by atoms with van der Waals surface area (Å²) in [5, 5.41) is 9.01. The number of sulfonamides is 1. The van der Waals surface area contributed by atoms with Gasteiger partial charge in [0.2, 0.25) is 0 Å². The van der Waals surface area contributed by atoms with E-state index in [0.29, 0.717) is 17.1 Å². The van der Waals surface area contributed by atoms with Gasteiger partial charge >= 0.3 is 0 Å². The Balaban J connectivity index is 2.22. The van der Waals surface area contributed by atoms with Crippen LogP contribution in [0.15, 0.2) is 46.7 Å². The first-order chi connectivity index (χ1) is 10.0. The van der Waals surface area contributed by atoms with Crippen LogP contribution in [-0.4, -0.2) is 20.1 Å². The average molecular weight is 325 g/mol. The average Bonchev–Trinajstić information content (AvgIpc) is 2.92. The van der Waals surface area contributed by atoms with Crippen LogP contribution >= 0.6 is 11.3 Å².